The number of nitrogens with zero attached hydrogens (tertiary/aromatic N) is 5. The van der Waals surface area contributed by atoms with Crippen LogP contribution in [0.1, 0.15) is 0 Å². The van der Waals surface area contributed by atoms with E-state index in [4.69, 9.17) is 4.98 Å². The summed E-state index contributed by atoms with van der Waals surface area (Å²) in [6.07, 6.45) is -3.00. The largest absolute Gasteiger partial charge is 0.573 e. The third-order valence-electron chi connectivity index (χ3n) is 5.30. The monoisotopic (exact) mass is 548 g/mol. The lowest BCUT2D eigenvalue weighted by molar-refractivity contribution is -0.274. The summed E-state index contributed by atoms with van der Waals surface area (Å²) in [5.41, 5.74) is 1.38. The maximum Gasteiger partial charge on any atom is 0.573 e. The molecule has 4 aromatic rings. The first-order chi connectivity index (χ1) is 17.8. The van der Waals surface area contributed by atoms with Crippen LogP contribution in [0.3, 0.4) is 0 Å². The van der Waals surface area contributed by atoms with Gasteiger partial charge in [0.05, 0.1) is 0 Å². The number of nitrogens with one attached hydrogen (secondary N) is 1. The Morgan fingerprint density at radius 1 is 0.946 bits per heavy atom. The second-order valence-corrected chi connectivity index (χ2v) is 10.00. The van der Waals surface area contributed by atoms with Gasteiger partial charge in [-0.3, -0.25) is 0 Å². The van der Waals surface area contributed by atoms with Crippen LogP contribution in [0, 0.1) is 5.82 Å². The van der Waals surface area contributed by atoms with Gasteiger partial charge in [-0.25, -0.2) is 18.7 Å². The topological polar surface area (TPSA) is 66.4 Å². The van der Waals surface area contributed by atoms with Crippen molar-refractivity contribution in [1.82, 2.24) is 19.3 Å². The Morgan fingerprint density at radius 2 is 1.68 bits per heavy atom. The zero-order valence-electron chi connectivity index (χ0n) is 19.2. The molecule has 0 amide bonds. The van der Waals surface area contributed by atoms with E-state index >= 15 is 0 Å². The molecule has 1 N–H and O–H groups in total. The molecule has 1 fully saturated rings. The summed E-state index contributed by atoms with van der Waals surface area (Å²) in [5, 5.41) is 5.85. The molecule has 1 aliphatic rings. The number of alkyl halides is 3. The van der Waals surface area contributed by atoms with E-state index in [0.717, 1.165) is 9.90 Å². The maximum absolute atomic E-state index is 13.3. The summed E-state index contributed by atoms with van der Waals surface area (Å²) in [5.74, 6) is 0.554. The van der Waals surface area contributed by atoms with E-state index in [0.29, 0.717) is 49.3 Å². The molecule has 5 rings (SSSR count). The number of ether oxygens (including phenoxy) is 1. The molecule has 2 aromatic carbocycles. The van der Waals surface area contributed by atoms with Crippen LogP contribution in [-0.4, -0.2) is 51.8 Å². The normalized spacial score (nSPS) is 14.5. The molecule has 0 spiro atoms. The van der Waals surface area contributed by atoms with Crippen LogP contribution in [0.15, 0.2) is 71.1 Å². The Labute approximate surface area is 218 Å². The van der Waals surface area contributed by atoms with Crippen LogP contribution in [0.2, 0.25) is 0 Å². The molecule has 1 aliphatic heterocycles. The number of piperazine rings is 1. The van der Waals surface area contributed by atoms with E-state index < -0.39 is 6.36 Å². The second-order valence-electron chi connectivity index (χ2n) is 7.93. The Morgan fingerprint density at radius 3 is 2.32 bits per heavy atom. The van der Waals surface area contributed by atoms with Crippen LogP contribution < -0.4 is 15.0 Å². The summed E-state index contributed by atoms with van der Waals surface area (Å²) in [7, 11) is 0. The van der Waals surface area contributed by atoms with Crippen molar-refractivity contribution in [3.8, 4) is 16.5 Å². The average molecular weight is 549 g/mol. The first-order valence-electron chi connectivity index (χ1n) is 11.2. The van der Waals surface area contributed by atoms with Gasteiger partial charge >= 0.3 is 6.36 Å². The molecule has 0 radical (unpaired) electrons. The highest BCUT2D eigenvalue weighted by molar-refractivity contribution is 7.97. The van der Waals surface area contributed by atoms with Crippen molar-refractivity contribution in [3.05, 3.63) is 72.0 Å². The van der Waals surface area contributed by atoms with Gasteiger partial charge in [-0.1, -0.05) is 0 Å². The fourth-order valence-electron chi connectivity index (χ4n) is 3.61. The third-order valence-corrected chi connectivity index (χ3v) is 7.20. The highest BCUT2D eigenvalue weighted by atomic mass is 32.2. The van der Waals surface area contributed by atoms with Crippen LogP contribution >= 0.6 is 23.3 Å². The van der Waals surface area contributed by atoms with Gasteiger partial charge in [0.1, 0.15) is 28.1 Å². The smallest absolute Gasteiger partial charge is 0.406 e. The minimum absolute atomic E-state index is 0.246. The minimum Gasteiger partial charge on any atom is -0.406 e. The molecule has 0 aliphatic carbocycles. The zero-order chi connectivity index (χ0) is 25.8. The van der Waals surface area contributed by atoms with Crippen molar-refractivity contribution in [1.29, 1.82) is 0 Å². The lowest BCUT2D eigenvalue weighted by atomic mass is 10.3. The number of hydrogen-bond acceptors (Lipinski definition) is 9. The standard InChI is InChI=1S/C24H20F4N6OS2/c25-16-1-3-17(4-2-16)30-21-15-20(22-29-9-14-36-22)31-23(32-21)33-10-12-34(13-11-33)37-19-7-5-18(6-8-19)35-24(26,27)28/h1-9,14-15H,10-13H2,(H,30,31,32). The van der Waals surface area contributed by atoms with Gasteiger partial charge < -0.3 is 15.0 Å². The van der Waals surface area contributed by atoms with E-state index in [1.54, 1.807) is 30.5 Å². The van der Waals surface area contributed by atoms with Crippen molar-refractivity contribution in [2.24, 2.45) is 0 Å². The molecule has 2 aromatic heterocycles. The molecule has 1 saturated heterocycles. The van der Waals surface area contributed by atoms with Crippen LogP contribution in [0.25, 0.3) is 10.7 Å². The molecule has 0 saturated carbocycles. The molecule has 192 valence electrons. The number of hydrogen-bond donors (Lipinski definition) is 1. The number of rotatable bonds is 7. The van der Waals surface area contributed by atoms with Crippen molar-refractivity contribution >= 4 is 40.7 Å². The van der Waals surface area contributed by atoms with Crippen LogP contribution in [-0.2, 0) is 0 Å². The van der Waals surface area contributed by atoms with E-state index in [2.05, 4.69) is 29.2 Å². The minimum atomic E-state index is -4.71. The van der Waals surface area contributed by atoms with Crippen molar-refractivity contribution in [2.75, 3.05) is 36.4 Å². The lowest BCUT2D eigenvalue weighted by Gasteiger charge is -2.34. The summed E-state index contributed by atoms with van der Waals surface area (Å²) in [6.45, 7) is 2.69. The first kappa shape index (κ1) is 25.2. The van der Waals surface area contributed by atoms with Gasteiger partial charge in [-0.05, 0) is 60.5 Å². The molecular formula is C24H20F4N6OS2. The second kappa shape index (κ2) is 10.9. The summed E-state index contributed by atoms with van der Waals surface area (Å²) >= 11 is 2.95. The molecule has 0 bridgehead atoms. The Hall–Kier alpha value is -3.42. The van der Waals surface area contributed by atoms with E-state index in [9.17, 15) is 17.6 Å². The average Bonchev–Trinajstić information content (AvgIpc) is 3.41. The number of thiazole rings is 1. The van der Waals surface area contributed by atoms with Gasteiger partial charge in [0.15, 0.2) is 0 Å². The Bertz CT molecular complexity index is 1310. The predicted octanol–water partition coefficient (Wildman–Crippen LogP) is 6.21. The van der Waals surface area contributed by atoms with E-state index in [-0.39, 0.29) is 11.6 Å². The number of anilines is 3. The van der Waals surface area contributed by atoms with Gasteiger partial charge in [-0.2, -0.15) is 4.98 Å². The van der Waals surface area contributed by atoms with Crippen molar-refractivity contribution in [3.63, 3.8) is 0 Å². The predicted molar refractivity (Wildman–Crippen MR) is 136 cm³/mol. The van der Waals surface area contributed by atoms with E-state index in [1.165, 1.54) is 47.6 Å². The maximum atomic E-state index is 13.3. The summed E-state index contributed by atoms with van der Waals surface area (Å²) < 4.78 is 56.5. The molecular weight excluding hydrogens is 528 g/mol. The quantitative estimate of drug-likeness (QED) is 0.216. The molecule has 7 nitrogen and oxygen atoms in total. The fraction of sp³-hybridized carbons (Fsp3) is 0.208. The highest BCUT2D eigenvalue weighted by Crippen LogP contribution is 2.30. The zero-order valence-corrected chi connectivity index (χ0v) is 20.8. The summed E-state index contributed by atoms with van der Waals surface area (Å²) in [4.78, 5) is 16.7. The molecule has 3 heterocycles. The highest BCUT2D eigenvalue weighted by Gasteiger charge is 2.31. The SMILES string of the molecule is Fc1ccc(Nc2cc(-c3nccs3)nc(N3CCN(Sc4ccc(OC(F)(F)F)cc4)CC3)n2)cc1. The van der Waals surface area contributed by atoms with Crippen molar-refractivity contribution < 1.29 is 22.3 Å². The lowest BCUT2D eigenvalue weighted by Crippen LogP contribution is -2.44. The molecule has 13 heteroatoms. The van der Waals surface area contributed by atoms with E-state index in [1.807, 2.05) is 11.4 Å². The van der Waals surface area contributed by atoms with Gasteiger partial charge in [0.25, 0.3) is 0 Å². The van der Waals surface area contributed by atoms with Crippen LogP contribution in [0.4, 0.5) is 35.0 Å². The number of aromatic nitrogens is 3. The number of benzene rings is 2. The molecule has 0 unspecified atom stereocenters. The van der Waals surface area contributed by atoms with Crippen molar-refractivity contribution in [2.45, 2.75) is 11.3 Å². The summed E-state index contributed by atoms with van der Waals surface area (Å²) in [6, 6.07) is 13.7. The van der Waals surface area contributed by atoms with Gasteiger partial charge in [0.2, 0.25) is 5.95 Å². The third kappa shape index (κ3) is 6.87. The fourth-order valence-corrected chi connectivity index (χ4v) is 5.11. The Kier molecular flexibility index (Phi) is 7.44. The van der Waals surface area contributed by atoms with Gasteiger partial charge in [-0.15, -0.1) is 24.5 Å². The number of halogens is 4. The van der Waals surface area contributed by atoms with Crippen LogP contribution in [0.5, 0.6) is 5.75 Å². The molecule has 37 heavy (non-hydrogen) atoms. The Balaban J connectivity index is 1.26. The first-order valence-corrected chi connectivity index (χ1v) is 12.8. The van der Waals surface area contributed by atoms with Gasteiger partial charge in [0, 0.05) is 54.4 Å². The molecule has 0 atom stereocenters.